The molecule has 1 aliphatic heterocycles. The summed E-state index contributed by atoms with van der Waals surface area (Å²) in [4.78, 5) is 41.7. The number of hydrogen-bond donors (Lipinski definition) is 5. The topological polar surface area (TPSA) is 131 Å². The lowest BCUT2D eigenvalue weighted by Crippen LogP contribution is -2.62. The smallest absolute Gasteiger partial charge is 0.249 e. The van der Waals surface area contributed by atoms with E-state index < -0.39 is 41.5 Å². The highest BCUT2D eigenvalue weighted by atomic mass is 16.3. The van der Waals surface area contributed by atoms with Gasteiger partial charge in [0, 0.05) is 18.6 Å². The third-order valence-corrected chi connectivity index (χ3v) is 8.61. The fourth-order valence-electron chi connectivity index (χ4n) is 6.35. The number of nitrogens with one attached hydrogen (secondary N) is 3. The Bertz CT molecular complexity index is 1050. The van der Waals surface area contributed by atoms with Gasteiger partial charge in [-0.1, -0.05) is 70.4 Å². The van der Waals surface area contributed by atoms with Gasteiger partial charge in [-0.2, -0.15) is 0 Å². The number of hydrogen-bond acceptors (Lipinski definition) is 6. The zero-order valence-corrected chi connectivity index (χ0v) is 26.7. The molecule has 2 aliphatic rings. The average molecular weight is 587 g/mol. The van der Waals surface area contributed by atoms with Crippen LogP contribution < -0.4 is 16.0 Å². The van der Waals surface area contributed by atoms with E-state index in [9.17, 15) is 24.6 Å². The minimum atomic E-state index is -1.26. The molecule has 1 saturated heterocycles. The minimum Gasteiger partial charge on any atom is -0.390 e. The minimum absolute atomic E-state index is 0.0176. The number of fused-ring (bicyclic) bond motifs is 1. The van der Waals surface area contributed by atoms with Crippen molar-refractivity contribution in [3.63, 3.8) is 0 Å². The number of carbonyl (C=O) groups is 3. The number of aliphatic hydroxyl groups is 2. The van der Waals surface area contributed by atoms with Crippen LogP contribution in [0.4, 0.5) is 0 Å². The number of benzene rings is 1. The van der Waals surface area contributed by atoms with Crippen molar-refractivity contribution in [3.8, 4) is 0 Å². The van der Waals surface area contributed by atoms with E-state index in [-0.39, 0.29) is 24.0 Å². The molecule has 0 spiro atoms. The molecule has 0 bridgehead atoms. The summed E-state index contributed by atoms with van der Waals surface area (Å²) in [5.74, 6) is -0.0747. The lowest BCUT2D eigenvalue weighted by Gasteiger charge is -2.47. The largest absolute Gasteiger partial charge is 0.390 e. The summed E-state index contributed by atoms with van der Waals surface area (Å²) in [5, 5.41) is 30.4. The second-order valence-corrected chi connectivity index (χ2v) is 14.6. The summed E-state index contributed by atoms with van der Waals surface area (Å²) >= 11 is 0. The Labute approximate surface area is 252 Å². The predicted molar refractivity (Wildman–Crippen MR) is 164 cm³/mol. The van der Waals surface area contributed by atoms with E-state index in [4.69, 9.17) is 0 Å². The first-order chi connectivity index (χ1) is 19.5. The van der Waals surface area contributed by atoms with Crippen molar-refractivity contribution in [2.45, 2.75) is 123 Å². The van der Waals surface area contributed by atoms with Gasteiger partial charge in [0.15, 0.2) is 0 Å². The quantitative estimate of drug-likeness (QED) is 0.287. The molecular weight excluding hydrogens is 532 g/mol. The van der Waals surface area contributed by atoms with Crippen molar-refractivity contribution in [3.05, 3.63) is 35.9 Å². The zero-order chi connectivity index (χ0) is 31.2. The molecule has 3 rings (SSSR count). The van der Waals surface area contributed by atoms with Gasteiger partial charge >= 0.3 is 0 Å². The van der Waals surface area contributed by atoms with E-state index in [1.165, 1.54) is 19.8 Å². The van der Waals surface area contributed by atoms with Crippen LogP contribution in [0.15, 0.2) is 30.3 Å². The van der Waals surface area contributed by atoms with Gasteiger partial charge in [0.25, 0.3) is 0 Å². The van der Waals surface area contributed by atoms with Gasteiger partial charge in [0.1, 0.15) is 12.1 Å². The van der Waals surface area contributed by atoms with Crippen LogP contribution in [0, 0.1) is 17.3 Å². The maximum Gasteiger partial charge on any atom is 0.249 e. The molecule has 7 atom stereocenters. The standard InChI is InChI=1S/C33H54N4O5/c1-21(38)29(40)35-28(32(2,3)4)31(42)34-25(17-22-13-9-8-10-14-22)27(39)20-37-19-24-16-12-11-15-23(24)18-26(37)30(41)36-33(5,6)7/h8-10,13-14,21,23-28,38-39H,11-12,15-20H2,1-7H3,(H,34,42)(H,35,40)(H,36,41)/t21-,23?,24?,25+,26+,27-,28-/m1/s1. The highest BCUT2D eigenvalue weighted by Crippen LogP contribution is 2.39. The van der Waals surface area contributed by atoms with Crippen LogP contribution in [0.3, 0.4) is 0 Å². The highest BCUT2D eigenvalue weighted by molar-refractivity contribution is 5.89. The molecule has 0 aromatic heterocycles. The van der Waals surface area contributed by atoms with Gasteiger partial charge in [-0.25, -0.2) is 0 Å². The first-order valence-corrected chi connectivity index (χ1v) is 15.6. The monoisotopic (exact) mass is 586 g/mol. The Morgan fingerprint density at radius 1 is 0.929 bits per heavy atom. The molecule has 1 aromatic rings. The maximum atomic E-state index is 13.7. The molecular formula is C33H54N4O5. The fourth-order valence-corrected chi connectivity index (χ4v) is 6.35. The van der Waals surface area contributed by atoms with Gasteiger partial charge in [-0.3, -0.25) is 19.3 Å². The summed E-state index contributed by atoms with van der Waals surface area (Å²) < 4.78 is 0. The molecule has 5 N–H and O–H groups in total. The number of carbonyl (C=O) groups excluding carboxylic acids is 3. The normalized spacial score (nSPS) is 24.5. The van der Waals surface area contributed by atoms with Crippen molar-refractivity contribution >= 4 is 17.7 Å². The van der Waals surface area contributed by atoms with Crippen molar-refractivity contribution in [2.75, 3.05) is 13.1 Å². The van der Waals surface area contributed by atoms with Crippen LogP contribution in [0.1, 0.15) is 86.1 Å². The molecule has 9 heteroatoms. The average Bonchev–Trinajstić information content (AvgIpc) is 2.89. The molecule has 2 fully saturated rings. The molecule has 0 radical (unpaired) electrons. The lowest BCUT2D eigenvalue weighted by molar-refractivity contribution is -0.136. The van der Waals surface area contributed by atoms with Crippen LogP contribution in [0.25, 0.3) is 0 Å². The number of β-amino-alcohol motifs (C(OH)–C–C–N with tert-alkyl or cyclic N) is 1. The van der Waals surface area contributed by atoms with Crippen LogP contribution in [0.2, 0.25) is 0 Å². The summed E-state index contributed by atoms with van der Waals surface area (Å²) in [6, 6.07) is 7.73. The Hall–Kier alpha value is -2.49. The van der Waals surface area contributed by atoms with E-state index in [1.54, 1.807) is 0 Å². The number of piperidine rings is 1. The van der Waals surface area contributed by atoms with Crippen LogP contribution in [-0.2, 0) is 20.8 Å². The van der Waals surface area contributed by atoms with Gasteiger partial charge in [-0.15, -0.1) is 0 Å². The van der Waals surface area contributed by atoms with Crippen LogP contribution >= 0.6 is 0 Å². The predicted octanol–water partition coefficient (Wildman–Crippen LogP) is 2.78. The summed E-state index contributed by atoms with van der Waals surface area (Å²) in [6.07, 6.45) is 3.59. The summed E-state index contributed by atoms with van der Waals surface area (Å²) in [6.45, 7) is 13.8. The van der Waals surface area contributed by atoms with E-state index in [1.807, 2.05) is 71.9 Å². The molecule has 1 aromatic carbocycles. The molecule has 2 unspecified atom stereocenters. The van der Waals surface area contributed by atoms with Gasteiger partial charge in [-0.05, 0) is 69.8 Å². The molecule has 1 heterocycles. The van der Waals surface area contributed by atoms with E-state index in [0.717, 1.165) is 31.4 Å². The molecule has 3 amide bonds. The first-order valence-electron chi connectivity index (χ1n) is 15.6. The third-order valence-electron chi connectivity index (χ3n) is 8.61. The zero-order valence-electron chi connectivity index (χ0n) is 26.7. The molecule has 236 valence electrons. The van der Waals surface area contributed by atoms with Gasteiger partial charge in [0.05, 0.1) is 18.2 Å². The Balaban J connectivity index is 1.85. The van der Waals surface area contributed by atoms with Crippen molar-refractivity contribution in [1.82, 2.24) is 20.9 Å². The lowest BCUT2D eigenvalue weighted by atomic mass is 9.72. The SMILES string of the molecule is C[C@@H](O)C(=O)N[C@H](C(=O)N[C@@H](Cc1ccccc1)[C@H](O)CN1CC2CCCCC2C[C@H]1C(=O)NC(C)(C)C)C(C)(C)C. The molecule has 1 aliphatic carbocycles. The summed E-state index contributed by atoms with van der Waals surface area (Å²) in [5.41, 5.74) is -0.0571. The number of rotatable bonds is 10. The van der Waals surface area contributed by atoms with Crippen molar-refractivity contribution in [2.24, 2.45) is 17.3 Å². The molecule has 42 heavy (non-hydrogen) atoms. The van der Waals surface area contributed by atoms with Crippen LogP contribution in [0.5, 0.6) is 0 Å². The Kier molecular flexibility index (Phi) is 11.6. The van der Waals surface area contributed by atoms with E-state index >= 15 is 0 Å². The first kappa shape index (κ1) is 34.0. The second-order valence-electron chi connectivity index (χ2n) is 14.6. The third kappa shape index (κ3) is 9.78. The Morgan fingerprint density at radius 3 is 2.12 bits per heavy atom. The van der Waals surface area contributed by atoms with Gasteiger partial charge in [0.2, 0.25) is 17.7 Å². The van der Waals surface area contributed by atoms with E-state index in [2.05, 4.69) is 20.9 Å². The number of aliphatic hydroxyl groups excluding tert-OH is 2. The number of amides is 3. The summed E-state index contributed by atoms with van der Waals surface area (Å²) in [7, 11) is 0. The fraction of sp³-hybridized carbons (Fsp3) is 0.727. The number of likely N-dealkylation sites (tertiary alicyclic amines) is 1. The molecule has 1 saturated carbocycles. The van der Waals surface area contributed by atoms with Gasteiger partial charge < -0.3 is 26.2 Å². The number of nitrogens with zero attached hydrogens (tertiary/aromatic N) is 1. The second kappa shape index (κ2) is 14.3. The van der Waals surface area contributed by atoms with Crippen molar-refractivity contribution < 1.29 is 24.6 Å². The maximum absolute atomic E-state index is 13.7. The van der Waals surface area contributed by atoms with Crippen molar-refractivity contribution in [1.29, 1.82) is 0 Å². The van der Waals surface area contributed by atoms with E-state index in [0.29, 0.717) is 18.3 Å². The Morgan fingerprint density at radius 2 is 1.55 bits per heavy atom. The highest BCUT2D eigenvalue weighted by Gasteiger charge is 2.42. The van der Waals surface area contributed by atoms with Crippen LogP contribution in [-0.4, -0.2) is 81.8 Å². The molecule has 9 nitrogen and oxygen atoms in total.